The van der Waals surface area contributed by atoms with Crippen LogP contribution in [-0.2, 0) is 9.47 Å². The van der Waals surface area contributed by atoms with Gasteiger partial charge in [0.1, 0.15) is 12.6 Å². The highest BCUT2D eigenvalue weighted by atomic mass is 16.5. The lowest BCUT2D eigenvalue weighted by molar-refractivity contribution is 0.296. The van der Waals surface area contributed by atoms with Gasteiger partial charge in [0.2, 0.25) is 11.8 Å². The molecule has 74 valence electrons. The standard InChI is InChI=1S/C9H16N2O2/c1-4-12-8-6-10-9(13-5-2)7(3)11-8/h7H,4-6H2,1-3H3/t7-/m0/s1. The second-order valence-corrected chi connectivity index (χ2v) is 2.72. The van der Waals surface area contributed by atoms with Gasteiger partial charge in [0.05, 0.1) is 13.2 Å². The van der Waals surface area contributed by atoms with Gasteiger partial charge in [-0.25, -0.2) is 9.98 Å². The zero-order valence-electron chi connectivity index (χ0n) is 8.41. The molecule has 1 rings (SSSR count). The van der Waals surface area contributed by atoms with Crippen LogP contribution in [0.3, 0.4) is 0 Å². The second kappa shape index (κ2) is 4.84. The molecule has 1 heterocycles. The summed E-state index contributed by atoms with van der Waals surface area (Å²) in [5.74, 6) is 1.42. The minimum absolute atomic E-state index is 0.00440. The molecule has 0 radical (unpaired) electrons. The van der Waals surface area contributed by atoms with Gasteiger partial charge < -0.3 is 9.47 Å². The minimum Gasteiger partial charge on any atom is -0.480 e. The van der Waals surface area contributed by atoms with Crippen molar-refractivity contribution in [3.63, 3.8) is 0 Å². The first kappa shape index (κ1) is 10.0. The topological polar surface area (TPSA) is 43.2 Å². The van der Waals surface area contributed by atoms with Crippen molar-refractivity contribution in [2.24, 2.45) is 9.98 Å². The molecule has 1 aliphatic heterocycles. The smallest absolute Gasteiger partial charge is 0.209 e. The van der Waals surface area contributed by atoms with E-state index in [9.17, 15) is 0 Å². The molecule has 4 heteroatoms. The van der Waals surface area contributed by atoms with Gasteiger partial charge in [-0.15, -0.1) is 0 Å². The molecule has 4 nitrogen and oxygen atoms in total. The summed E-state index contributed by atoms with van der Waals surface area (Å²) in [6, 6.07) is -0.00440. The third kappa shape index (κ3) is 2.72. The molecule has 0 aromatic heterocycles. The molecule has 0 bridgehead atoms. The zero-order chi connectivity index (χ0) is 9.68. The quantitative estimate of drug-likeness (QED) is 0.648. The highest BCUT2D eigenvalue weighted by molar-refractivity contribution is 5.91. The van der Waals surface area contributed by atoms with Crippen LogP contribution in [0.1, 0.15) is 20.8 Å². The van der Waals surface area contributed by atoms with Crippen LogP contribution in [0.15, 0.2) is 9.98 Å². The summed E-state index contributed by atoms with van der Waals surface area (Å²) in [6.07, 6.45) is 0. The van der Waals surface area contributed by atoms with Gasteiger partial charge in [-0.1, -0.05) is 0 Å². The molecule has 0 aromatic rings. The molecule has 0 unspecified atom stereocenters. The van der Waals surface area contributed by atoms with Crippen molar-refractivity contribution in [1.29, 1.82) is 0 Å². The van der Waals surface area contributed by atoms with Crippen molar-refractivity contribution in [2.45, 2.75) is 26.8 Å². The van der Waals surface area contributed by atoms with E-state index in [-0.39, 0.29) is 6.04 Å². The van der Waals surface area contributed by atoms with Gasteiger partial charge in [0.25, 0.3) is 0 Å². The Morgan fingerprint density at radius 2 is 2.00 bits per heavy atom. The fourth-order valence-corrected chi connectivity index (χ4v) is 1.15. The maximum atomic E-state index is 5.31. The molecular formula is C9H16N2O2. The van der Waals surface area contributed by atoms with E-state index in [1.807, 2.05) is 20.8 Å². The summed E-state index contributed by atoms with van der Waals surface area (Å²) in [7, 11) is 0. The maximum absolute atomic E-state index is 5.31. The molecule has 0 saturated heterocycles. The van der Waals surface area contributed by atoms with E-state index in [4.69, 9.17) is 9.47 Å². The predicted molar refractivity (Wildman–Crippen MR) is 52.5 cm³/mol. The summed E-state index contributed by atoms with van der Waals surface area (Å²) in [5, 5.41) is 0. The lowest BCUT2D eigenvalue weighted by atomic mass is 10.3. The highest BCUT2D eigenvalue weighted by Gasteiger charge is 2.17. The van der Waals surface area contributed by atoms with Crippen LogP contribution in [0, 0.1) is 0 Å². The number of hydrogen-bond acceptors (Lipinski definition) is 4. The summed E-state index contributed by atoms with van der Waals surface area (Å²) in [6.45, 7) is 7.62. The van der Waals surface area contributed by atoms with Crippen LogP contribution in [-0.4, -0.2) is 37.6 Å². The van der Waals surface area contributed by atoms with Crippen LogP contribution in [0.4, 0.5) is 0 Å². The first-order chi connectivity index (χ1) is 6.27. The summed E-state index contributed by atoms with van der Waals surface area (Å²) in [5.41, 5.74) is 0. The lowest BCUT2D eigenvalue weighted by Crippen LogP contribution is -2.27. The van der Waals surface area contributed by atoms with Crippen LogP contribution >= 0.6 is 0 Å². The van der Waals surface area contributed by atoms with E-state index >= 15 is 0 Å². The average Bonchev–Trinajstić information content (AvgIpc) is 2.10. The Hall–Kier alpha value is -1.06. The Balaban J connectivity index is 2.51. The molecular weight excluding hydrogens is 168 g/mol. The monoisotopic (exact) mass is 184 g/mol. The number of aliphatic imine (C=N–C) groups is 2. The van der Waals surface area contributed by atoms with Crippen LogP contribution < -0.4 is 0 Å². The lowest BCUT2D eigenvalue weighted by Gasteiger charge is -2.17. The van der Waals surface area contributed by atoms with Crippen molar-refractivity contribution >= 4 is 11.8 Å². The number of ether oxygens (including phenoxy) is 2. The molecule has 1 aliphatic rings. The van der Waals surface area contributed by atoms with Crippen molar-refractivity contribution in [3.05, 3.63) is 0 Å². The van der Waals surface area contributed by atoms with E-state index in [1.165, 1.54) is 0 Å². The molecule has 0 saturated carbocycles. The zero-order valence-corrected chi connectivity index (χ0v) is 8.41. The first-order valence-corrected chi connectivity index (χ1v) is 4.64. The number of hydrogen-bond donors (Lipinski definition) is 0. The average molecular weight is 184 g/mol. The fourth-order valence-electron chi connectivity index (χ4n) is 1.15. The Labute approximate surface area is 78.7 Å². The predicted octanol–water partition coefficient (Wildman–Crippen LogP) is 1.26. The van der Waals surface area contributed by atoms with Crippen molar-refractivity contribution in [2.75, 3.05) is 19.8 Å². The third-order valence-electron chi connectivity index (χ3n) is 1.67. The van der Waals surface area contributed by atoms with E-state index in [0.29, 0.717) is 31.6 Å². The Morgan fingerprint density at radius 3 is 2.54 bits per heavy atom. The van der Waals surface area contributed by atoms with Crippen LogP contribution in [0.2, 0.25) is 0 Å². The molecule has 0 amide bonds. The summed E-state index contributed by atoms with van der Waals surface area (Å²) < 4.78 is 10.6. The molecule has 0 N–H and O–H groups in total. The van der Waals surface area contributed by atoms with Gasteiger partial charge in [0.15, 0.2) is 0 Å². The van der Waals surface area contributed by atoms with E-state index in [2.05, 4.69) is 9.98 Å². The van der Waals surface area contributed by atoms with Crippen LogP contribution in [0.25, 0.3) is 0 Å². The molecule has 13 heavy (non-hydrogen) atoms. The first-order valence-electron chi connectivity index (χ1n) is 4.64. The van der Waals surface area contributed by atoms with Crippen molar-refractivity contribution < 1.29 is 9.47 Å². The summed E-state index contributed by atoms with van der Waals surface area (Å²) in [4.78, 5) is 8.55. The molecule has 0 spiro atoms. The third-order valence-corrected chi connectivity index (χ3v) is 1.67. The maximum Gasteiger partial charge on any atom is 0.209 e. The Morgan fingerprint density at radius 1 is 1.31 bits per heavy atom. The van der Waals surface area contributed by atoms with E-state index in [1.54, 1.807) is 0 Å². The summed E-state index contributed by atoms with van der Waals surface area (Å²) >= 11 is 0. The fraction of sp³-hybridized carbons (Fsp3) is 0.778. The van der Waals surface area contributed by atoms with E-state index in [0.717, 1.165) is 0 Å². The minimum atomic E-state index is -0.00440. The van der Waals surface area contributed by atoms with Gasteiger partial charge in [-0.05, 0) is 20.8 Å². The van der Waals surface area contributed by atoms with Gasteiger partial charge in [0, 0.05) is 0 Å². The Bertz CT molecular complexity index is 224. The number of rotatable bonds is 2. The molecule has 0 aromatic carbocycles. The van der Waals surface area contributed by atoms with E-state index < -0.39 is 0 Å². The van der Waals surface area contributed by atoms with Gasteiger partial charge in [-0.3, -0.25) is 0 Å². The molecule has 0 fully saturated rings. The van der Waals surface area contributed by atoms with Crippen molar-refractivity contribution in [3.8, 4) is 0 Å². The Kier molecular flexibility index (Phi) is 3.73. The molecule has 0 aliphatic carbocycles. The second-order valence-electron chi connectivity index (χ2n) is 2.72. The largest absolute Gasteiger partial charge is 0.480 e. The normalized spacial score (nSPS) is 21.9. The SMILES string of the molecule is CCOC1=N[C@@H](C)C(OCC)=NC1. The molecule has 1 atom stereocenters. The number of nitrogens with zero attached hydrogens (tertiary/aromatic N) is 2. The van der Waals surface area contributed by atoms with Crippen LogP contribution in [0.5, 0.6) is 0 Å². The van der Waals surface area contributed by atoms with Crippen molar-refractivity contribution in [1.82, 2.24) is 0 Å². The highest BCUT2D eigenvalue weighted by Crippen LogP contribution is 2.04. The van der Waals surface area contributed by atoms with Gasteiger partial charge in [-0.2, -0.15) is 0 Å². The van der Waals surface area contributed by atoms with Gasteiger partial charge >= 0.3 is 0 Å².